The summed E-state index contributed by atoms with van der Waals surface area (Å²) in [5, 5.41) is 9.55. The lowest BCUT2D eigenvalue weighted by molar-refractivity contribution is 0.0445. The molecule has 29 heavy (non-hydrogen) atoms. The van der Waals surface area contributed by atoms with Gasteiger partial charge >= 0.3 is 0 Å². The molecule has 2 heterocycles. The Hall–Kier alpha value is -1.23. The number of piperazine rings is 1. The van der Waals surface area contributed by atoms with Crippen LogP contribution in [-0.4, -0.2) is 105 Å². The fourth-order valence-electron chi connectivity index (χ4n) is 3.87. The maximum absolute atomic E-state index is 12.7. The summed E-state index contributed by atoms with van der Waals surface area (Å²) in [5.41, 5.74) is 0. The Kier molecular flexibility index (Phi) is 7.89. The fraction of sp³-hybridized carbons (Fsp3) is 0.700. The van der Waals surface area contributed by atoms with Crippen molar-refractivity contribution in [2.24, 2.45) is 0 Å². The van der Waals surface area contributed by atoms with Crippen molar-refractivity contribution in [1.29, 1.82) is 0 Å². The first-order valence-electron chi connectivity index (χ1n) is 10.3. The summed E-state index contributed by atoms with van der Waals surface area (Å²) in [6, 6.07) is 7.07. The third-order valence-electron chi connectivity index (χ3n) is 5.45. The first-order chi connectivity index (χ1) is 13.9. The number of aliphatic hydroxyl groups is 1. The topological polar surface area (TPSA) is 82.5 Å². The minimum atomic E-state index is -3.47. The van der Waals surface area contributed by atoms with Crippen LogP contribution in [0.25, 0.3) is 0 Å². The van der Waals surface area contributed by atoms with Crippen LogP contribution in [0.5, 0.6) is 5.75 Å². The Bertz CT molecular complexity index is 735. The first kappa shape index (κ1) is 22.5. The Morgan fingerprint density at radius 3 is 2.48 bits per heavy atom. The average Bonchev–Trinajstić information content (AvgIpc) is 2.70. The average molecular weight is 428 g/mol. The number of ether oxygens (including phenoxy) is 2. The van der Waals surface area contributed by atoms with Gasteiger partial charge in [0, 0.05) is 51.9 Å². The largest absolute Gasteiger partial charge is 0.492 e. The van der Waals surface area contributed by atoms with Crippen molar-refractivity contribution in [3.63, 3.8) is 0 Å². The molecular formula is C20H33N3O5S. The zero-order valence-electron chi connectivity index (χ0n) is 17.4. The number of hydrogen-bond donors (Lipinski definition) is 1. The maximum atomic E-state index is 12.7. The SMILES string of the molecule is C[C@@H]1CN(C[C@@H](C)O)CCN1CCOc1ccc(S(=O)(=O)N2CCOCC2)cc1. The standard InChI is InChI=1S/C20H33N3O5S/c1-17-15-21(16-18(2)24)7-8-22(17)9-14-28-19-3-5-20(6-4-19)29(25,26)23-10-12-27-13-11-23/h3-6,17-18,24H,7-16H2,1-2H3/t17-,18-/m1/s1. The lowest BCUT2D eigenvalue weighted by Crippen LogP contribution is -2.53. The van der Waals surface area contributed by atoms with Crippen molar-refractivity contribution in [2.75, 3.05) is 65.6 Å². The van der Waals surface area contributed by atoms with Gasteiger partial charge in [0.1, 0.15) is 12.4 Å². The molecule has 0 saturated carbocycles. The molecule has 2 saturated heterocycles. The zero-order valence-corrected chi connectivity index (χ0v) is 18.2. The molecule has 2 fully saturated rings. The lowest BCUT2D eigenvalue weighted by atomic mass is 10.2. The molecule has 2 atom stereocenters. The van der Waals surface area contributed by atoms with E-state index < -0.39 is 10.0 Å². The van der Waals surface area contributed by atoms with Gasteiger partial charge in [-0.3, -0.25) is 9.80 Å². The minimum Gasteiger partial charge on any atom is -0.492 e. The van der Waals surface area contributed by atoms with Crippen molar-refractivity contribution in [3.8, 4) is 5.75 Å². The second-order valence-electron chi connectivity index (χ2n) is 7.83. The Balaban J connectivity index is 1.46. The fourth-order valence-corrected chi connectivity index (χ4v) is 5.27. The number of nitrogens with zero attached hydrogens (tertiary/aromatic N) is 3. The van der Waals surface area contributed by atoms with Crippen LogP contribution >= 0.6 is 0 Å². The second kappa shape index (κ2) is 10.2. The van der Waals surface area contributed by atoms with Crippen molar-refractivity contribution >= 4 is 10.0 Å². The molecule has 9 heteroatoms. The van der Waals surface area contributed by atoms with Gasteiger partial charge in [-0.05, 0) is 38.1 Å². The quantitative estimate of drug-likeness (QED) is 0.646. The van der Waals surface area contributed by atoms with Crippen LogP contribution < -0.4 is 4.74 Å². The normalized spacial score (nSPS) is 23.8. The van der Waals surface area contributed by atoms with Gasteiger partial charge in [-0.15, -0.1) is 0 Å². The molecule has 1 aromatic carbocycles. The number of rotatable bonds is 8. The van der Waals surface area contributed by atoms with Crippen molar-refractivity contribution in [2.45, 2.75) is 30.9 Å². The van der Waals surface area contributed by atoms with E-state index in [2.05, 4.69) is 16.7 Å². The van der Waals surface area contributed by atoms with Crippen molar-refractivity contribution in [1.82, 2.24) is 14.1 Å². The number of sulfonamides is 1. The van der Waals surface area contributed by atoms with Crippen LogP contribution in [0.15, 0.2) is 29.2 Å². The molecule has 8 nitrogen and oxygen atoms in total. The van der Waals surface area contributed by atoms with E-state index in [1.807, 2.05) is 6.92 Å². The van der Waals surface area contributed by atoms with Gasteiger partial charge in [-0.25, -0.2) is 8.42 Å². The molecule has 1 aromatic rings. The number of morpholine rings is 1. The monoisotopic (exact) mass is 427 g/mol. The highest BCUT2D eigenvalue weighted by Gasteiger charge is 2.26. The highest BCUT2D eigenvalue weighted by Crippen LogP contribution is 2.20. The molecule has 2 aliphatic rings. The molecular weight excluding hydrogens is 394 g/mol. The Labute approximate surface area is 174 Å². The number of aliphatic hydroxyl groups excluding tert-OH is 1. The molecule has 0 amide bonds. The van der Waals surface area contributed by atoms with E-state index in [1.165, 1.54) is 4.31 Å². The molecule has 0 aromatic heterocycles. The van der Waals surface area contributed by atoms with E-state index in [0.29, 0.717) is 51.2 Å². The van der Waals surface area contributed by atoms with Gasteiger partial charge in [0.05, 0.1) is 24.2 Å². The van der Waals surface area contributed by atoms with Crippen molar-refractivity contribution < 1.29 is 23.0 Å². The Morgan fingerprint density at radius 2 is 1.86 bits per heavy atom. The van der Waals surface area contributed by atoms with E-state index in [0.717, 1.165) is 26.2 Å². The summed E-state index contributed by atoms with van der Waals surface area (Å²) in [7, 11) is -3.47. The van der Waals surface area contributed by atoms with Gasteiger partial charge in [0.25, 0.3) is 0 Å². The summed E-state index contributed by atoms with van der Waals surface area (Å²) >= 11 is 0. The highest BCUT2D eigenvalue weighted by molar-refractivity contribution is 7.89. The number of benzene rings is 1. The van der Waals surface area contributed by atoms with Crippen molar-refractivity contribution in [3.05, 3.63) is 24.3 Å². The van der Waals surface area contributed by atoms with E-state index in [4.69, 9.17) is 9.47 Å². The lowest BCUT2D eigenvalue weighted by Gasteiger charge is -2.40. The van der Waals surface area contributed by atoms with E-state index in [-0.39, 0.29) is 11.0 Å². The van der Waals surface area contributed by atoms with Gasteiger partial charge < -0.3 is 14.6 Å². The third kappa shape index (κ3) is 6.13. The zero-order chi connectivity index (χ0) is 20.9. The molecule has 0 radical (unpaired) electrons. The second-order valence-corrected chi connectivity index (χ2v) is 9.77. The van der Waals surface area contributed by atoms with E-state index in [1.54, 1.807) is 24.3 Å². The number of β-amino-alcohol motifs (C(OH)–C–C–N with tert-alkyl or cyclic N) is 1. The molecule has 164 valence electrons. The smallest absolute Gasteiger partial charge is 0.243 e. The molecule has 0 unspecified atom stereocenters. The molecule has 0 spiro atoms. The highest BCUT2D eigenvalue weighted by atomic mass is 32.2. The van der Waals surface area contributed by atoms with Crippen LogP contribution in [0.3, 0.4) is 0 Å². The summed E-state index contributed by atoms with van der Waals surface area (Å²) in [6.45, 7) is 10.6. The van der Waals surface area contributed by atoms with Crippen LogP contribution in [0.2, 0.25) is 0 Å². The van der Waals surface area contributed by atoms with Gasteiger partial charge in [0.2, 0.25) is 10.0 Å². The molecule has 3 rings (SSSR count). The van der Waals surface area contributed by atoms with Crippen LogP contribution in [0.4, 0.5) is 0 Å². The summed E-state index contributed by atoms with van der Waals surface area (Å²) in [4.78, 5) is 4.96. The van der Waals surface area contributed by atoms with Crippen LogP contribution in [0, 0.1) is 0 Å². The summed E-state index contributed by atoms with van der Waals surface area (Å²) in [5.74, 6) is 0.673. The van der Waals surface area contributed by atoms with Crippen LogP contribution in [-0.2, 0) is 14.8 Å². The predicted molar refractivity (Wildman–Crippen MR) is 111 cm³/mol. The van der Waals surface area contributed by atoms with Gasteiger partial charge in [-0.2, -0.15) is 4.31 Å². The maximum Gasteiger partial charge on any atom is 0.243 e. The van der Waals surface area contributed by atoms with Crippen LogP contribution in [0.1, 0.15) is 13.8 Å². The summed E-state index contributed by atoms with van der Waals surface area (Å²) < 4.78 is 37.8. The third-order valence-corrected chi connectivity index (χ3v) is 7.36. The molecule has 0 aliphatic carbocycles. The van der Waals surface area contributed by atoms with Gasteiger partial charge in [0.15, 0.2) is 0 Å². The van der Waals surface area contributed by atoms with Gasteiger partial charge in [-0.1, -0.05) is 0 Å². The minimum absolute atomic E-state index is 0.287. The summed E-state index contributed by atoms with van der Waals surface area (Å²) in [6.07, 6.45) is -0.299. The van der Waals surface area contributed by atoms with E-state index >= 15 is 0 Å². The first-order valence-corrected chi connectivity index (χ1v) is 11.8. The van der Waals surface area contributed by atoms with E-state index in [9.17, 15) is 13.5 Å². The number of hydrogen-bond acceptors (Lipinski definition) is 7. The molecule has 2 aliphatic heterocycles. The predicted octanol–water partition coefficient (Wildman–Crippen LogP) is 0.473. The molecule has 0 bridgehead atoms. The molecule has 1 N–H and O–H groups in total. The Morgan fingerprint density at radius 1 is 1.17 bits per heavy atom.